The Hall–Kier alpha value is -2.76. The van der Waals surface area contributed by atoms with Crippen LogP contribution in [-0.4, -0.2) is 41.5 Å². The van der Waals surface area contributed by atoms with Crippen LogP contribution in [0.25, 0.3) is 0 Å². The van der Waals surface area contributed by atoms with Crippen molar-refractivity contribution < 1.29 is 18.9 Å². The Bertz CT molecular complexity index is 708. The van der Waals surface area contributed by atoms with E-state index in [2.05, 4.69) is 23.3 Å². The minimum absolute atomic E-state index is 0.566. The number of benzene rings is 2. The Balaban J connectivity index is 1.99. The topological polar surface area (TPSA) is 52.2 Å². The summed E-state index contributed by atoms with van der Waals surface area (Å²) in [6, 6.07) is 9.78. The summed E-state index contributed by atoms with van der Waals surface area (Å²) >= 11 is 0. The van der Waals surface area contributed by atoms with Gasteiger partial charge in [0.25, 0.3) is 0 Å². The van der Waals surface area contributed by atoms with E-state index < -0.39 is 0 Å². The van der Waals surface area contributed by atoms with Gasteiger partial charge < -0.3 is 29.2 Å². The minimum atomic E-state index is 0.566. The highest BCUT2D eigenvalue weighted by atomic mass is 16.5. The largest absolute Gasteiger partial charge is 0.493 e. The van der Waals surface area contributed by atoms with Crippen molar-refractivity contribution in [3.8, 4) is 23.0 Å². The normalized spacial score (nSPS) is 12.9. The molecule has 3 rings (SSSR count). The summed E-state index contributed by atoms with van der Waals surface area (Å²) in [6.45, 7) is 1.54. The maximum absolute atomic E-state index is 5.86. The van der Waals surface area contributed by atoms with Gasteiger partial charge in [0.2, 0.25) is 5.75 Å². The Morgan fingerprint density at radius 2 is 1.75 bits per heavy atom. The SMILES string of the molecule is COc1cc(Nc2cccc3c2OCCN3C)cc(OC)c1OC. The lowest BCUT2D eigenvalue weighted by molar-refractivity contribution is 0.313. The second-order valence-corrected chi connectivity index (χ2v) is 5.46. The Morgan fingerprint density at radius 1 is 1.04 bits per heavy atom. The minimum Gasteiger partial charge on any atom is -0.493 e. The van der Waals surface area contributed by atoms with Crippen LogP contribution in [0.1, 0.15) is 0 Å². The second-order valence-electron chi connectivity index (χ2n) is 5.46. The molecule has 0 aliphatic carbocycles. The standard InChI is InChI=1S/C18H22N2O4/c1-20-8-9-24-17-13(6-5-7-14(17)20)19-12-10-15(21-2)18(23-4)16(11-12)22-3/h5-7,10-11,19H,8-9H2,1-4H3. The second kappa shape index (κ2) is 6.78. The average molecular weight is 330 g/mol. The molecule has 6 nitrogen and oxygen atoms in total. The highest BCUT2D eigenvalue weighted by Gasteiger charge is 2.19. The molecule has 0 bridgehead atoms. The first-order valence-electron chi connectivity index (χ1n) is 7.72. The first-order valence-corrected chi connectivity index (χ1v) is 7.72. The van der Waals surface area contributed by atoms with Crippen molar-refractivity contribution in [2.75, 3.05) is 51.7 Å². The molecule has 1 heterocycles. The lowest BCUT2D eigenvalue weighted by Crippen LogP contribution is -2.29. The third-order valence-corrected chi connectivity index (χ3v) is 4.02. The number of likely N-dealkylation sites (N-methyl/N-ethyl adjacent to an activating group) is 1. The van der Waals surface area contributed by atoms with E-state index in [1.54, 1.807) is 21.3 Å². The third kappa shape index (κ3) is 2.87. The summed E-state index contributed by atoms with van der Waals surface area (Å²) in [5.41, 5.74) is 2.79. The Labute approximate surface area is 141 Å². The van der Waals surface area contributed by atoms with E-state index in [0.29, 0.717) is 23.9 Å². The number of methoxy groups -OCH3 is 3. The molecule has 0 amide bonds. The Morgan fingerprint density at radius 3 is 2.38 bits per heavy atom. The monoisotopic (exact) mass is 330 g/mol. The summed E-state index contributed by atoms with van der Waals surface area (Å²) in [6.07, 6.45) is 0. The van der Waals surface area contributed by atoms with Gasteiger partial charge in [-0.05, 0) is 12.1 Å². The van der Waals surface area contributed by atoms with Crippen molar-refractivity contribution in [2.45, 2.75) is 0 Å². The highest BCUT2D eigenvalue weighted by molar-refractivity contribution is 5.78. The zero-order chi connectivity index (χ0) is 17.1. The Kier molecular flexibility index (Phi) is 4.55. The number of anilines is 3. The maximum Gasteiger partial charge on any atom is 0.203 e. The molecular weight excluding hydrogens is 308 g/mol. The predicted octanol–water partition coefficient (Wildman–Crippen LogP) is 3.28. The number of ether oxygens (including phenoxy) is 4. The van der Waals surface area contributed by atoms with E-state index in [0.717, 1.165) is 29.4 Å². The fourth-order valence-corrected chi connectivity index (χ4v) is 2.79. The van der Waals surface area contributed by atoms with E-state index >= 15 is 0 Å². The smallest absolute Gasteiger partial charge is 0.203 e. The number of nitrogens with zero attached hydrogens (tertiary/aromatic N) is 1. The highest BCUT2D eigenvalue weighted by Crippen LogP contribution is 2.43. The molecule has 24 heavy (non-hydrogen) atoms. The number of rotatable bonds is 5. The molecule has 6 heteroatoms. The van der Waals surface area contributed by atoms with Crippen LogP contribution in [0, 0.1) is 0 Å². The number of nitrogens with one attached hydrogen (secondary N) is 1. The first kappa shape index (κ1) is 16.1. The molecule has 0 unspecified atom stereocenters. The molecule has 0 spiro atoms. The third-order valence-electron chi connectivity index (χ3n) is 4.02. The number of para-hydroxylation sites is 1. The number of fused-ring (bicyclic) bond motifs is 1. The summed E-state index contributed by atoms with van der Waals surface area (Å²) < 4.78 is 22.0. The lowest BCUT2D eigenvalue weighted by Gasteiger charge is -2.29. The van der Waals surface area contributed by atoms with Gasteiger partial charge in [-0.1, -0.05) is 6.07 Å². The van der Waals surface area contributed by atoms with Crippen LogP contribution >= 0.6 is 0 Å². The molecule has 2 aromatic carbocycles. The van der Waals surface area contributed by atoms with Crippen LogP contribution in [0.5, 0.6) is 23.0 Å². The van der Waals surface area contributed by atoms with Crippen molar-refractivity contribution in [3.05, 3.63) is 30.3 Å². The fraction of sp³-hybridized carbons (Fsp3) is 0.333. The molecule has 1 aliphatic rings. The molecule has 0 saturated carbocycles. The molecule has 0 radical (unpaired) electrons. The van der Waals surface area contributed by atoms with Crippen molar-refractivity contribution in [1.82, 2.24) is 0 Å². The van der Waals surface area contributed by atoms with Gasteiger partial charge in [0.1, 0.15) is 6.61 Å². The lowest BCUT2D eigenvalue weighted by atomic mass is 10.2. The first-order chi connectivity index (χ1) is 11.7. The van der Waals surface area contributed by atoms with Crippen LogP contribution in [0.4, 0.5) is 17.1 Å². The van der Waals surface area contributed by atoms with Gasteiger partial charge in [-0.15, -0.1) is 0 Å². The maximum atomic E-state index is 5.86. The van der Waals surface area contributed by atoms with E-state index in [-0.39, 0.29) is 0 Å². The molecule has 128 valence electrons. The van der Waals surface area contributed by atoms with Gasteiger partial charge in [0.05, 0.1) is 39.2 Å². The van der Waals surface area contributed by atoms with Gasteiger partial charge in [0.15, 0.2) is 17.2 Å². The van der Waals surface area contributed by atoms with Gasteiger partial charge in [0, 0.05) is 24.9 Å². The molecule has 1 aliphatic heterocycles. The molecule has 1 N–H and O–H groups in total. The average Bonchev–Trinajstić information content (AvgIpc) is 2.61. The molecule has 2 aromatic rings. The van der Waals surface area contributed by atoms with Crippen molar-refractivity contribution in [3.63, 3.8) is 0 Å². The quantitative estimate of drug-likeness (QED) is 0.908. The molecular formula is C18H22N2O4. The molecule has 0 saturated heterocycles. The van der Waals surface area contributed by atoms with E-state index in [4.69, 9.17) is 18.9 Å². The fourth-order valence-electron chi connectivity index (χ4n) is 2.79. The zero-order valence-corrected chi connectivity index (χ0v) is 14.4. The van der Waals surface area contributed by atoms with E-state index in [1.165, 1.54) is 0 Å². The van der Waals surface area contributed by atoms with Crippen LogP contribution in [-0.2, 0) is 0 Å². The van der Waals surface area contributed by atoms with Crippen molar-refractivity contribution in [1.29, 1.82) is 0 Å². The molecule has 0 fully saturated rings. The van der Waals surface area contributed by atoms with Crippen LogP contribution < -0.4 is 29.2 Å². The van der Waals surface area contributed by atoms with Crippen molar-refractivity contribution >= 4 is 17.1 Å². The molecule has 0 atom stereocenters. The van der Waals surface area contributed by atoms with Crippen LogP contribution in [0.2, 0.25) is 0 Å². The van der Waals surface area contributed by atoms with E-state index in [9.17, 15) is 0 Å². The zero-order valence-electron chi connectivity index (χ0n) is 14.4. The van der Waals surface area contributed by atoms with Gasteiger partial charge >= 0.3 is 0 Å². The van der Waals surface area contributed by atoms with Gasteiger partial charge in [-0.3, -0.25) is 0 Å². The van der Waals surface area contributed by atoms with Gasteiger partial charge in [-0.2, -0.15) is 0 Å². The summed E-state index contributed by atoms with van der Waals surface area (Å²) in [5.74, 6) is 2.61. The molecule has 0 aromatic heterocycles. The summed E-state index contributed by atoms with van der Waals surface area (Å²) in [4.78, 5) is 2.18. The van der Waals surface area contributed by atoms with Gasteiger partial charge in [-0.25, -0.2) is 0 Å². The summed E-state index contributed by atoms with van der Waals surface area (Å²) in [7, 11) is 6.85. The van der Waals surface area contributed by atoms with Crippen molar-refractivity contribution in [2.24, 2.45) is 0 Å². The van der Waals surface area contributed by atoms with Crippen LogP contribution in [0.3, 0.4) is 0 Å². The number of hydrogen-bond donors (Lipinski definition) is 1. The number of hydrogen-bond acceptors (Lipinski definition) is 6. The van der Waals surface area contributed by atoms with Crippen LogP contribution in [0.15, 0.2) is 30.3 Å². The van der Waals surface area contributed by atoms with E-state index in [1.807, 2.05) is 24.3 Å². The predicted molar refractivity (Wildman–Crippen MR) is 94.6 cm³/mol. The summed E-state index contributed by atoms with van der Waals surface area (Å²) in [5, 5.41) is 3.39.